The number of nitrogens with one attached hydrogen (secondary N) is 2. The molecule has 9 nitrogen and oxygen atoms in total. The Morgan fingerprint density at radius 3 is 2.46 bits per heavy atom. The van der Waals surface area contributed by atoms with Crippen molar-refractivity contribution in [1.29, 1.82) is 0 Å². The highest BCUT2D eigenvalue weighted by Crippen LogP contribution is 2.26. The van der Waals surface area contributed by atoms with Gasteiger partial charge in [0.05, 0.1) is 22.0 Å². The number of rotatable bonds is 7. The zero-order chi connectivity index (χ0) is 25.2. The summed E-state index contributed by atoms with van der Waals surface area (Å²) in [6.45, 7) is 6.71. The number of H-pyrrole nitrogens is 1. The van der Waals surface area contributed by atoms with Crippen LogP contribution in [0.2, 0.25) is 0 Å². The second-order valence-corrected chi connectivity index (χ2v) is 10.9. The highest BCUT2D eigenvalue weighted by atomic mass is 32.2. The zero-order valence-electron chi connectivity index (χ0n) is 20.2. The minimum atomic E-state index is -3.79. The number of nitrogens with zero attached hydrogens (tertiary/aromatic N) is 3. The molecule has 2 unspecified atom stereocenters. The summed E-state index contributed by atoms with van der Waals surface area (Å²) < 4.78 is 27.8. The number of carbonyl (C=O) groups is 2. The van der Waals surface area contributed by atoms with Gasteiger partial charge >= 0.3 is 0 Å². The fraction of sp³-hybridized carbons (Fsp3) is 0.400. The van der Waals surface area contributed by atoms with Gasteiger partial charge in [-0.15, -0.1) is 0 Å². The quantitative estimate of drug-likeness (QED) is 0.521. The molecule has 0 spiro atoms. The van der Waals surface area contributed by atoms with Crippen LogP contribution in [0.5, 0.6) is 0 Å². The van der Waals surface area contributed by atoms with Gasteiger partial charge in [0.1, 0.15) is 5.82 Å². The highest BCUT2D eigenvalue weighted by Gasteiger charge is 2.30. The van der Waals surface area contributed by atoms with Crippen LogP contribution >= 0.6 is 0 Å². The summed E-state index contributed by atoms with van der Waals surface area (Å²) in [5.41, 5.74) is 1.98. The highest BCUT2D eigenvalue weighted by molar-refractivity contribution is 7.89. The molecule has 3 aromatic rings. The summed E-state index contributed by atoms with van der Waals surface area (Å²) in [6.07, 6.45) is 0.822. The molecule has 0 saturated carbocycles. The number of aromatic amines is 1. The minimum Gasteiger partial charge on any atom is -0.342 e. The molecule has 2 N–H and O–H groups in total. The number of fused-ring (bicyclic) bond motifs is 1. The van der Waals surface area contributed by atoms with Crippen molar-refractivity contribution in [3.8, 4) is 0 Å². The number of hydrogen-bond acceptors (Lipinski definition) is 5. The summed E-state index contributed by atoms with van der Waals surface area (Å²) in [4.78, 5) is 34.4. The van der Waals surface area contributed by atoms with Crippen molar-refractivity contribution >= 4 is 32.9 Å². The van der Waals surface area contributed by atoms with Crippen LogP contribution in [-0.2, 0) is 14.8 Å². The van der Waals surface area contributed by atoms with Crippen LogP contribution in [0.4, 0.5) is 0 Å². The first-order valence-corrected chi connectivity index (χ1v) is 13.3. The lowest BCUT2D eigenvalue weighted by Gasteiger charge is -2.33. The third-order valence-electron chi connectivity index (χ3n) is 6.62. The van der Waals surface area contributed by atoms with Crippen LogP contribution in [-0.4, -0.2) is 65.6 Å². The normalized spacial score (nSPS) is 16.7. The molecule has 2 amide bonds. The van der Waals surface area contributed by atoms with Gasteiger partial charge in [-0.25, -0.2) is 13.4 Å². The summed E-state index contributed by atoms with van der Waals surface area (Å²) in [5, 5.41) is 3.05. The predicted molar refractivity (Wildman–Crippen MR) is 133 cm³/mol. The van der Waals surface area contributed by atoms with Gasteiger partial charge in [0.25, 0.3) is 5.91 Å². The summed E-state index contributed by atoms with van der Waals surface area (Å²) in [5.74, 6) is 0.334. The molecule has 10 heteroatoms. The monoisotopic (exact) mass is 497 g/mol. The second kappa shape index (κ2) is 10.2. The van der Waals surface area contributed by atoms with Gasteiger partial charge in [-0.05, 0) is 36.2 Å². The second-order valence-electron chi connectivity index (χ2n) is 8.91. The Balaban J connectivity index is 1.55. The van der Waals surface area contributed by atoms with Crippen molar-refractivity contribution in [3.05, 3.63) is 59.9 Å². The summed E-state index contributed by atoms with van der Waals surface area (Å²) >= 11 is 0. The molecule has 2 heterocycles. The maximum Gasteiger partial charge on any atom is 0.251 e. The first kappa shape index (κ1) is 24.9. The van der Waals surface area contributed by atoms with Crippen LogP contribution in [0, 0.1) is 5.92 Å². The van der Waals surface area contributed by atoms with E-state index in [1.807, 2.05) is 38.1 Å². The van der Waals surface area contributed by atoms with E-state index < -0.39 is 10.0 Å². The Morgan fingerprint density at radius 1 is 1.09 bits per heavy atom. The maximum absolute atomic E-state index is 13.2. The number of amides is 2. The number of sulfonamides is 1. The summed E-state index contributed by atoms with van der Waals surface area (Å²) in [6, 6.07) is 13.4. The lowest BCUT2D eigenvalue weighted by molar-refractivity contribution is -0.129. The Hall–Kier alpha value is -3.24. The van der Waals surface area contributed by atoms with Gasteiger partial charge in [-0.2, -0.15) is 4.31 Å². The van der Waals surface area contributed by atoms with Gasteiger partial charge in [0.2, 0.25) is 15.9 Å². The molecule has 186 valence electrons. The van der Waals surface area contributed by atoms with E-state index in [1.54, 1.807) is 17.0 Å². The average molecular weight is 498 g/mol. The van der Waals surface area contributed by atoms with Gasteiger partial charge < -0.3 is 15.2 Å². The van der Waals surface area contributed by atoms with Crippen LogP contribution in [0.3, 0.4) is 0 Å². The number of benzene rings is 2. The molecule has 4 rings (SSSR count). The fourth-order valence-electron chi connectivity index (χ4n) is 4.25. The number of aromatic nitrogens is 2. The van der Waals surface area contributed by atoms with Crippen LogP contribution in [0.15, 0.2) is 53.4 Å². The van der Waals surface area contributed by atoms with E-state index in [9.17, 15) is 18.0 Å². The van der Waals surface area contributed by atoms with Gasteiger partial charge in [-0.3, -0.25) is 9.59 Å². The van der Waals surface area contributed by atoms with Crippen LogP contribution in [0.25, 0.3) is 11.0 Å². The lowest BCUT2D eigenvalue weighted by atomic mass is 9.98. The molecular formula is C25H31N5O4S. The molecule has 1 fully saturated rings. The van der Waals surface area contributed by atoms with E-state index in [1.165, 1.54) is 23.4 Å². The molecule has 0 aliphatic carbocycles. The summed E-state index contributed by atoms with van der Waals surface area (Å²) in [7, 11) is -3.79. The lowest BCUT2D eigenvalue weighted by Crippen LogP contribution is -2.49. The molecule has 35 heavy (non-hydrogen) atoms. The standard InChI is InChI=1S/C25H31N5O4S/c1-4-17(2)23(24-26-21-10-5-6-11-22(21)27-24)28-25(32)19-8-7-9-20(16-19)35(33,34)30-14-12-29(13-15-30)18(3)31/h5-11,16-17,23H,4,12-15H2,1-3H3,(H,26,27)(H,28,32). The van der Waals surface area contributed by atoms with E-state index in [-0.39, 0.29) is 47.3 Å². The van der Waals surface area contributed by atoms with Crippen molar-refractivity contribution in [2.45, 2.75) is 38.1 Å². The molecule has 2 aromatic carbocycles. The molecule has 1 saturated heterocycles. The van der Waals surface area contributed by atoms with Crippen molar-refractivity contribution < 1.29 is 18.0 Å². The van der Waals surface area contributed by atoms with Crippen LogP contribution in [0.1, 0.15) is 49.4 Å². The van der Waals surface area contributed by atoms with Crippen molar-refractivity contribution in [1.82, 2.24) is 24.5 Å². The molecule has 0 bridgehead atoms. The van der Waals surface area contributed by atoms with E-state index in [2.05, 4.69) is 15.3 Å². The van der Waals surface area contributed by atoms with Crippen molar-refractivity contribution in [3.63, 3.8) is 0 Å². The van der Waals surface area contributed by atoms with Gasteiger partial charge in [0, 0.05) is 38.7 Å². The molecule has 2 atom stereocenters. The van der Waals surface area contributed by atoms with Crippen molar-refractivity contribution in [2.24, 2.45) is 5.92 Å². The molecule has 1 aliphatic heterocycles. The topological polar surface area (TPSA) is 115 Å². The fourth-order valence-corrected chi connectivity index (χ4v) is 5.72. The zero-order valence-corrected chi connectivity index (χ0v) is 21.0. The Kier molecular flexibility index (Phi) is 7.23. The molecule has 0 radical (unpaired) electrons. The number of piperazine rings is 1. The Labute approximate surface area is 205 Å². The third-order valence-corrected chi connectivity index (χ3v) is 8.51. The number of imidazole rings is 1. The largest absolute Gasteiger partial charge is 0.342 e. The predicted octanol–water partition coefficient (Wildman–Crippen LogP) is 2.93. The first-order valence-electron chi connectivity index (χ1n) is 11.8. The number of hydrogen-bond donors (Lipinski definition) is 2. The Bertz CT molecular complexity index is 1300. The van der Waals surface area contributed by atoms with Crippen LogP contribution < -0.4 is 5.32 Å². The number of carbonyl (C=O) groups excluding carboxylic acids is 2. The van der Waals surface area contributed by atoms with E-state index in [0.29, 0.717) is 18.9 Å². The average Bonchev–Trinajstić information content (AvgIpc) is 3.30. The third kappa shape index (κ3) is 5.23. The van der Waals surface area contributed by atoms with Gasteiger partial charge in [-0.1, -0.05) is 38.5 Å². The molecular weight excluding hydrogens is 466 g/mol. The molecule has 1 aromatic heterocycles. The Morgan fingerprint density at radius 2 is 1.80 bits per heavy atom. The van der Waals surface area contributed by atoms with E-state index in [0.717, 1.165) is 17.5 Å². The molecule has 1 aliphatic rings. The SMILES string of the molecule is CCC(C)C(NC(=O)c1cccc(S(=O)(=O)N2CCN(C(C)=O)CC2)c1)c1nc2ccccc2[nH]1. The maximum atomic E-state index is 13.2. The minimum absolute atomic E-state index is 0.0604. The first-order chi connectivity index (χ1) is 16.7. The van der Waals surface area contributed by atoms with Crippen molar-refractivity contribution in [2.75, 3.05) is 26.2 Å². The van der Waals surface area contributed by atoms with E-state index in [4.69, 9.17) is 0 Å². The number of para-hydroxylation sites is 2. The van der Waals surface area contributed by atoms with E-state index >= 15 is 0 Å². The van der Waals surface area contributed by atoms with Gasteiger partial charge in [0.15, 0.2) is 0 Å². The smallest absolute Gasteiger partial charge is 0.251 e.